The molecule has 0 saturated carbocycles. The van der Waals surface area contributed by atoms with E-state index in [2.05, 4.69) is 10.6 Å². The van der Waals surface area contributed by atoms with E-state index in [0.717, 1.165) is 6.42 Å². The number of nitrogens with one attached hydrogen (secondary N) is 2. The Morgan fingerprint density at radius 3 is 2.76 bits per heavy atom. The topological polar surface area (TPSA) is 98.7 Å². The predicted molar refractivity (Wildman–Crippen MR) is 112 cm³/mol. The molecule has 7 nitrogen and oxygen atoms in total. The summed E-state index contributed by atoms with van der Waals surface area (Å²) in [6, 6.07) is 5.63. The summed E-state index contributed by atoms with van der Waals surface area (Å²) in [7, 11) is 1.57. The number of fused-ring (bicyclic) bond motifs is 1. The van der Waals surface area contributed by atoms with Crippen molar-refractivity contribution in [2.45, 2.75) is 41.8 Å². The van der Waals surface area contributed by atoms with E-state index in [-0.39, 0.29) is 29.6 Å². The summed E-state index contributed by atoms with van der Waals surface area (Å²) in [5.74, 6) is -1.75. The lowest BCUT2D eigenvalue weighted by Crippen LogP contribution is -2.54. The second kappa shape index (κ2) is 7.49. The summed E-state index contributed by atoms with van der Waals surface area (Å²) in [6.45, 7) is 1.46. The summed E-state index contributed by atoms with van der Waals surface area (Å²) in [5.41, 5.74) is 0.475. The van der Waals surface area contributed by atoms with Crippen LogP contribution in [-0.4, -0.2) is 63.5 Å². The molecule has 3 saturated heterocycles. The molecule has 1 aromatic rings. The summed E-state index contributed by atoms with van der Waals surface area (Å²) in [5, 5.41) is 15.7. The maximum absolute atomic E-state index is 13.5. The van der Waals surface area contributed by atoms with Crippen LogP contribution in [0.25, 0.3) is 0 Å². The fourth-order valence-electron chi connectivity index (χ4n) is 5.18. The molecule has 3 aliphatic rings. The van der Waals surface area contributed by atoms with Crippen LogP contribution in [0.5, 0.6) is 0 Å². The lowest BCUT2D eigenvalue weighted by Gasteiger charge is -2.36. The molecule has 6 atom stereocenters. The Labute approximate surface area is 178 Å². The van der Waals surface area contributed by atoms with Crippen molar-refractivity contribution in [3.8, 4) is 0 Å². The molecule has 3 heterocycles. The standard InChI is InChI=1S/C20H24ClN3O4S/c1-10(9-25)24-16(18(27)23-12-6-4-3-5-11(12)21)20-8-7-13(29-20)14(17(26)22-2)15(20)19(24)28/h3-6,10,13-16,25H,7-9H2,1-2H3,(H,22,26)(H,23,27)/t10-,13+,14-,15+,16?,20?/m1/s1. The molecule has 2 unspecified atom stereocenters. The van der Waals surface area contributed by atoms with Gasteiger partial charge in [0, 0.05) is 12.3 Å². The van der Waals surface area contributed by atoms with Crippen molar-refractivity contribution in [2.75, 3.05) is 19.0 Å². The molecule has 9 heteroatoms. The number of halogens is 1. The molecule has 0 aliphatic carbocycles. The summed E-state index contributed by atoms with van der Waals surface area (Å²) < 4.78 is -0.673. The number of anilines is 1. The Hall–Kier alpha value is -1.77. The van der Waals surface area contributed by atoms with E-state index < -0.39 is 28.7 Å². The van der Waals surface area contributed by atoms with Crippen molar-refractivity contribution in [1.82, 2.24) is 10.2 Å². The number of likely N-dealkylation sites (tertiary alicyclic amines) is 1. The molecule has 0 radical (unpaired) electrons. The van der Waals surface area contributed by atoms with Gasteiger partial charge < -0.3 is 20.6 Å². The van der Waals surface area contributed by atoms with Crippen molar-refractivity contribution >= 4 is 46.8 Å². The summed E-state index contributed by atoms with van der Waals surface area (Å²) >= 11 is 7.80. The maximum atomic E-state index is 13.5. The average Bonchev–Trinajstić information content (AvgIpc) is 3.35. The van der Waals surface area contributed by atoms with Crippen LogP contribution >= 0.6 is 23.4 Å². The van der Waals surface area contributed by atoms with Gasteiger partial charge in [-0.1, -0.05) is 23.7 Å². The molecule has 0 aromatic heterocycles. The molecular formula is C20H24ClN3O4S. The largest absolute Gasteiger partial charge is 0.394 e. The molecule has 29 heavy (non-hydrogen) atoms. The van der Waals surface area contributed by atoms with Crippen molar-refractivity contribution in [3.63, 3.8) is 0 Å². The third-order valence-corrected chi connectivity index (χ3v) is 8.69. The first kappa shape index (κ1) is 20.5. The van der Waals surface area contributed by atoms with Crippen molar-refractivity contribution in [2.24, 2.45) is 11.8 Å². The molecule has 156 valence electrons. The zero-order valence-electron chi connectivity index (χ0n) is 16.2. The van der Waals surface area contributed by atoms with Crippen molar-refractivity contribution < 1.29 is 19.5 Å². The SMILES string of the molecule is CNC(=O)[C@@H]1[C@@H]2CCC3(S2)C(C(=O)Nc2ccccc2Cl)N([C@H](C)CO)C(=O)[C@H]13. The van der Waals surface area contributed by atoms with Gasteiger partial charge in [0.15, 0.2) is 0 Å². The lowest BCUT2D eigenvalue weighted by molar-refractivity contribution is -0.141. The predicted octanol–water partition coefficient (Wildman–Crippen LogP) is 1.50. The van der Waals surface area contributed by atoms with Crippen LogP contribution in [0.1, 0.15) is 19.8 Å². The van der Waals surface area contributed by atoms with Crippen LogP contribution in [0.2, 0.25) is 5.02 Å². The minimum absolute atomic E-state index is 0.0195. The third kappa shape index (κ3) is 2.95. The Kier molecular flexibility index (Phi) is 5.29. The smallest absolute Gasteiger partial charge is 0.248 e. The fraction of sp³-hybridized carbons (Fsp3) is 0.550. The molecule has 1 spiro atoms. The van der Waals surface area contributed by atoms with Crippen LogP contribution in [0.3, 0.4) is 0 Å². The normalized spacial score (nSPS) is 33.5. The van der Waals surface area contributed by atoms with Crippen LogP contribution < -0.4 is 10.6 Å². The summed E-state index contributed by atoms with van der Waals surface area (Å²) in [4.78, 5) is 41.0. The van der Waals surface area contributed by atoms with Gasteiger partial charge in [0.05, 0.1) is 39.9 Å². The number of hydrogen-bond acceptors (Lipinski definition) is 5. The quantitative estimate of drug-likeness (QED) is 0.648. The van der Waals surface area contributed by atoms with E-state index in [1.54, 1.807) is 50.0 Å². The third-order valence-electron chi connectivity index (χ3n) is 6.41. The van der Waals surface area contributed by atoms with Gasteiger partial charge in [0.1, 0.15) is 6.04 Å². The van der Waals surface area contributed by atoms with E-state index in [4.69, 9.17) is 11.6 Å². The first-order valence-corrected chi connectivity index (χ1v) is 11.0. The Morgan fingerprint density at radius 2 is 2.10 bits per heavy atom. The second-order valence-corrected chi connectivity index (χ2v) is 9.92. The minimum Gasteiger partial charge on any atom is -0.394 e. The lowest BCUT2D eigenvalue weighted by atomic mass is 9.71. The van der Waals surface area contributed by atoms with Crippen molar-refractivity contribution in [1.29, 1.82) is 0 Å². The van der Waals surface area contributed by atoms with Gasteiger partial charge in [-0.2, -0.15) is 0 Å². The van der Waals surface area contributed by atoms with Crippen LogP contribution in [0, 0.1) is 11.8 Å². The molecule has 1 aromatic carbocycles. The van der Waals surface area contributed by atoms with Gasteiger partial charge in [-0.25, -0.2) is 0 Å². The maximum Gasteiger partial charge on any atom is 0.248 e. The van der Waals surface area contributed by atoms with Crippen LogP contribution in [0.4, 0.5) is 5.69 Å². The number of rotatable bonds is 5. The van der Waals surface area contributed by atoms with Gasteiger partial charge in [0.25, 0.3) is 0 Å². The highest BCUT2D eigenvalue weighted by Crippen LogP contribution is 2.66. The Morgan fingerprint density at radius 1 is 1.38 bits per heavy atom. The van der Waals surface area contributed by atoms with E-state index in [1.807, 2.05) is 0 Å². The zero-order valence-corrected chi connectivity index (χ0v) is 17.8. The summed E-state index contributed by atoms with van der Waals surface area (Å²) in [6.07, 6.45) is 1.46. The number of aliphatic hydroxyl groups is 1. The van der Waals surface area contributed by atoms with Gasteiger partial charge in [0.2, 0.25) is 17.7 Å². The van der Waals surface area contributed by atoms with Gasteiger partial charge in [-0.05, 0) is 31.9 Å². The number of hydrogen-bond donors (Lipinski definition) is 3. The van der Waals surface area contributed by atoms with E-state index in [9.17, 15) is 19.5 Å². The second-order valence-electron chi connectivity index (χ2n) is 7.92. The number of carbonyl (C=O) groups excluding carboxylic acids is 3. The van der Waals surface area contributed by atoms with Crippen molar-refractivity contribution in [3.05, 3.63) is 29.3 Å². The highest BCUT2D eigenvalue weighted by molar-refractivity contribution is 8.02. The van der Waals surface area contributed by atoms with Crippen LogP contribution in [0.15, 0.2) is 24.3 Å². The number of nitrogens with zero attached hydrogens (tertiary/aromatic N) is 1. The first-order valence-electron chi connectivity index (χ1n) is 9.73. The Balaban J connectivity index is 1.74. The number of aliphatic hydroxyl groups excluding tert-OH is 1. The molecule has 4 rings (SSSR count). The van der Waals surface area contributed by atoms with Gasteiger partial charge >= 0.3 is 0 Å². The molecule has 3 fully saturated rings. The molecule has 3 N–H and O–H groups in total. The highest BCUT2D eigenvalue weighted by Gasteiger charge is 2.73. The number of benzene rings is 1. The van der Waals surface area contributed by atoms with Gasteiger partial charge in [-0.3, -0.25) is 14.4 Å². The van der Waals surface area contributed by atoms with E-state index in [1.165, 1.54) is 4.90 Å². The number of thioether (sulfide) groups is 1. The zero-order chi connectivity index (χ0) is 20.9. The first-order chi connectivity index (χ1) is 13.9. The molecule has 2 bridgehead atoms. The number of carbonyl (C=O) groups is 3. The molecule has 3 aliphatic heterocycles. The van der Waals surface area contributed by atoms with Gasteiger partial charge in [-0.15, -0.1) is 11.8 Å². The Bertz CT molecular complexity index is 868. The fourth-order valence-corrected chi connectivity index (χ4v) is 7.57. The van der Waals surface area contributed by atoms with E-state index >= 15 is 0 Å². The molecular weight excluding hydrogens is 414 g/mol. The average molecular weight is 438 g/mol. The number of amides is 3. The van der Waals surface area contributed by atoms with Crippen LogP contribution in [-0.2, 0) is 14.4 Å². The number of para-hydroxylation sites is 1. The monoisotopic (exact) mass is 437 g/mol. The van der Waals surface area contributed by atoms with E-state index in [0.29, 0.717) is 17.1 Å². The minimum atomic E-state index is -0.775. The molecule has 3 amide bonds. The highest BCUT2D eigenvalue weighted by atomic mass is 35.5.